The van der Waals surface area contributed by atoms with Crippen LogP contribution < -0.4 is 0 Å². The molecule has 0 spiro atoms. The fourth-order valence-corrected chi connectivity index (χ4v) is 6.62. The van der Waals surface area contributed by atoms with E-state index in [1.165, 1.54) is 0 Å². The molecule has 0 bridgehead atoms. The first-order valence-electron chi connectivity index (χ1n) is 12.3. The molecular formula is C25H37N3O4S. The molecule has 3 heterocycles. The van der Waals surface area contributed by atoms with Gasteiger partial charge in [0.05, 0.1) is 17.5 Å². The predicted octanol–water partition coefficient (Wildman–Crippen LogP) is 3.95. The van der Waals surface area contributed by atoms with Crippen molar-refractivity contribution in [2.24, 2.45) is 22.7 Å². The molecule has 182 valence electrons. The lowest BCUT2D eigenvalue weighted by Gasteiger charge is -2.32. The SMILES string of the molecule is CCOC(=O)C1CCN(C(=O)c2csc(C3CCN(C(=O)C4C(C)(C)C4(C)C)CC3)n2)CC1. The van der Waals surface area contributed by atoms with Gasteiger partial charge in [-0.05, 0) is 43.4 Å². The van der Waals surface area contributed by atoms with Crippen LogP contribution in [0.1, 0.15) is 81.7 Å². The minimum absolute atomic E-state index is 0.0504. The van der Waals surface area contributed by atoms with E-state index >= 15 is 0 Å². The van der Waals surface area contributed by atoms with Gasteiger partial charge in [-0.1, -0.05) is 27.7 Å². The topological polar surface area (TPSA) is 79.8 Å². The molecule has 3 fully saturated rings. The summed E-state index contributed by atoms with van der Waals surface area (Å²) < 4.78 is 5.11. The molecule has 1 aliphatic carbocycles. The van der Waals surface area contributed by atoms with Gasteiger partial charge in [-0.3, -0.25) is 14.4 Å². The van der Waals surface area contributed by atoms with E-state index in [1.54, 1.807) is 16.2 Å². The molecule has 2 aliphatic heterocycles. The highest BCUT2D eigenvalue weighted by molar-refractivity contribution is 7.09. The molecule has 8 heteroatoms. The predicted molar refractivity (Wildman–Crippen MR) is 127 cm³/mol. The summed E-state index contributed by atoms with van der Waals surface area (Å²) in [7, 11) is 0. The third kappa shape index (κ3) is 4.43. The normalized spacial score (nSPS) is 23.4. The van der Waals surface area contributed by atoms with Gasteiger partial charge in [0.1, 0.15) is 5.69 Å². The minimum atomic E-state index is -0.154. The van der Waals surface area contributed by atoms with E-state index in [9.17, 15) is 14.4 Å². The van der Waals surface area contributed by atoms with Crippen molar-refractivity contribution in [1.82, 2.24) is 14.8 Å². The van der Waals surface area contributed by atoms with Gasteiger partial charge in [0.2, 0.25) is 5.91 Å². The second-order valence-corrected chi connectivity index (χ2v) is 11.8. The lowest BCUT2D eigenvalue weighted by atomic mass is 9.96. The molecule has 4 rings (SSSR count). The molecule has 1 saturated carbocycles. The van der Waals surface area contributed by atoms with Crippen LogP contribution >= 0.6 is 11.3 Å². The lowest BCUT2D eigenvalue weighted by Crippen LogP contribution is -2.41. The van der Waals surface area contributed by atoms with Crippen LogP contribution in [0, 0.1) is 22.7 Å². The molecule has 1 aromatic heterocycles. The van der Waals surface area contributed by atoms with Crippen molar-refractivity contribution in [2.75, 3.05) is 32.8 Å². The zero-order chi connectivity index (χ0) is 24.0. The van der Waals surface area contributed by atoms with Crippen molar-refractivity contribution in [1.29, 1.82) is 0 Å². The Bertz CT molecular complexity index is 895. The van der Waals surface area contributed by atoms with E-state index in [0.717, 1.165) is 30.9 Å². The smallest absolute Gasteiger partial charge is 0.309 e. The van der Waals surface area contributed by atoms with Crippen molar-refractivity contribution in [2.45, 2.75) is 66.2 Å². The van der Waals surface area contributed by atoms with Gasteiger partial charge < -0.3 is 14.5 Å². The average molecular weight is 476 g/mol. The van der Waals surface area contributed by atoms with Crippen molar-refractivity contribution in [3.63, 3.8) is 0 Å². The van der Waals surface area contributed by atoms with Crippen molar-refractivity contribution >= 4 is 29.1 Å². The van der Waals surface area contributed by atoms with Crippen LogP contribution in [0.5, 0.6) is 0 Å². The van der Waals surface area contributed by atoms with E-state index in [-0.39, 0.29) is 34.5 Å². The molecule has 7 nitrogen and oxygen atoms in total. The van der Waals surface area contributed by atoms with Gasteiger partial charge in [0.15, 0.2) is 0 Å². The first kappa shape index (κ1) is 24.2. The maximum absolute atomic E-state index is 13.0. The molecule has 33 heavy (non-hydrogen) atoms. The number of hydrogen-bond donors (Lipinski definition) is 0. The molecule has 3 aliphatic rings. The van der Waals surface area contributed by atoms with E-state index in [2.05, 4.69) is 32.7 Å². The fourth-order valence-electron chi connectivity index (χ4n) is 5.66. The van der Waals surface area contributed by atoms with Crippen LogP contribution in [0.3, 0.4) is 0 Å². The van der Waals surface area contributed by atoms with E-state index in [0.29, 0.717) is 50.1 Å². The summed E-state index contributed by atoms with van der Waals surface area (Å²) in [6.45, 7) is 13.6. The van der Waals surface area contributed by atoms with Gasteiger partial charge in [-0.15, -0.1) is 11.3 Å². The lowest BCUT2D eigenvalue weighted by molar-refractivity contribution is -0.149. The maximum Gasteiger partial charge on any atom is 0.309 e. The molecule has 0 radical (unpaired) electrons. The maximum atomic E-state index is 13.0. The van der Waals surface area contributed by atoms with Gasteiger partial charge in [-0.2, -0.15) is 0 Å². The number of ether oxygens (including phenoxy) is 1. The number of thiazole rings is 1. The van der Waals surface area contributed by atoms with Gasteiger partial charge in [0, 0.05) is 43.4 Å². The van der Waals surface area contributed by atoms with Crippen LogP contribution in [-0.4, -0.2) is 65.4 Å². The third-order valence-corrected chi connectivity index (χ3v) is 9.57. The Morgan fingerprint density at radius 1 is 1.00 bits per heavy atom. The number of likely N-dealkylation sites (tertiary alicyclic amines) is 2. The summed E-state index contributed by atoms with van der Waals surface area (Å²) in [5, 5.41) is 2.86. The number of piperidine rings is 2. The van der Waals surface area contributed by atoms with E-state index < -0.39 is 0 Å². The quantitative estimate of drug-likeness (QED) is 0.603. The van der Waals surface area contributed by atoms with Gasteiger partial charge in [0.25, 0.3) is 5.91 Å². The molecule has 2 saturated heterocycles. The van der Waals surface area contributed by atoms with Crippen LogP contribution in [0.2, 0.25) is 0 Å². The Kier molecular flexibility index (Phi) is 6.60. The summed E-state index contributed by atoms with van der Waals surface area (Å²) in [6, 6.07) is 0. The monoisotopic (exact) mass is 475 g/mol. The van der Waals surface area contributed by atoms with Crippen molar-refractivity contribution in [3.8, 4) is 0 Å². The number of amides is 2. The first-order chi connectivity index (χ1) is 15.6. The first-order valence-corrected chi connectivity index (χ1v) is 13.2. The number of aromatic nitrogens is 1. The number of hydrogen-bond acceptors (Lipinski definition) is 6. The molecule has 0 unspecified atom stereocenters. The summed E-state index contributed by atoms with van der Waals surface area (Å²) in [6.07, 6.45) is 3.07. The number of rotatable bonds is 5. The minimum Gasteiger partial charge on any atom is -0.466 e. The second kappa shape index (κ2) is 9.01. The number of carbonyl (C=O) groups is 3. The largest absolute Gasteiger partial charge is 0.466 e. The Hall–Kier alpha value is -1.96. The standard InChI is InChI=1S/C25H37N3O4S/c1-6-32-23(31)17-9-13-27(14-10-17)21(29)18-15-33-20(26-18)16-7-11-28(12-8-16)22(30)19-24(2,3)25(19,4)5/h15-17,19H,6-14H2,1-5H3. The fraction of sp³-hybridized carbons (Fsp3) is 0.760. The Morgan fingerprint density at radius 3 is 2.12 bits per heavy atom. The Morgan fingerprint density at radius 2 is 1.58 bits per heavy atom. The molecule has 0 aromatic carbocycles. The van der Waals surface area contributed by atoms with E-state index in [4.69, 9.17) is 4.74 Å². The summed E-state index contributed by atoms with van der Waals surface area (Å²) in [4.78, 5) is 46.4. The average Bonchev–Trinajstić information content (AvgIpc) is 3.12. The third-order valence-electron chi connectivity index (χ3n) is 8.57. The van der Waals surface area contributed by atoms with Crippen molar-refractivity contribution < 1.29 is 19.1 Å². The summed E-state index contributed by atoms with van der Waals surface area (Å²) >= 11 is 1.55. The van der Waals surface area contributed by atoms with Crippen LogP contribution in [0.4, 0.5) is 0 Å². The summed E-state index contributed by atoms with van der Waals surface area (Å²) in [5.74, 6) is 0.392. The van der Waals surface area contributed by atoms with Crippen molar-refractivity contribution in [3.05, 3.63) is 16.1 Å². The number of carbonyl (C=O) groups excluding carboxylic acids is 3. The zero-order valence-corrected chi connectivity index (χ0v) is 21.4. The van der Waals surface area contributed by atoms with E-state index in [1.807, 2.05) is 17.2 Å². The van der Waals surface area contributed by atoms with Crippen LogP contribution in [0.25, 0.3) is 0 Å². The van der Waals surface area contributed by atoms with Gasteiger partial charge in [-0.25, -0.2) is 4.98 Å². The number of nitrogens with zero attached hydrogens (tertiary/aromatic N) is 3. The van der Waals surface area contributed by atoms with Crippen LogP contribution in [0.15, 0.2) is 5.38 Å². The number of esters is 1. The Balaban J connectivity index is 1.29. The molecule has 0 N–H and O–H groups in total. The molecule has 1 aromatic rings. The molecular weight excluding hydrogens is 438 g/mol. The highest BCUT2D eigenvalue weighted by Gasteiger charge is 2.68. The zero-order valence-electron chi connectivity index (χ0n) is 20.6. The molecule has 2 amide bonds. The van der Waals surface area contributed by atoms with Gasteiger partial charge >= 0.3 is 5.97 Å². The second-order valence-electron chi connectivity index (χ2n) is 10.9. The molecule has 0 atom stereocenters. The summed E-state index contributed by atoms with van der Waals surface area (Å²) in [5.41, 5.74) is 0.636. The van der Waals surface area contributed by atoms with Crippen LogP contribution in [-0.2, 0) is 14.3 Å². The highest BCUT2D eigenvalue weighted by atomic mass is 32.1. The highest BCUT2D eigenvalue weighted by Crippen LogP contribution is 2.68. The Labute approximate surface area is 200 Å².